The molecule has 0 atom stereocenters. The molecule has 1 aromatic heterocycles. The second kappa shape index (κ2) is 5.80. The fourth-order valence-electron chi connectivity index (χ4n) is 2.26. The van der Waals surface area contributed by atoms with Gasteiger partial charge in [-0.05, 0) is 5.92 Å². The molecule has 0 amide bonds. The molecule has 0 saturated carbocycles. The zero-order valence-electron chi connectivity index (χ0n) is 10.7. The highest BCUT2D eigenvalue weighted by Crippen LogP contribution is 2.17. The van der Waals surface area contributed by atoms with Crippen molar-refractivity contribution in [2.45, 2.75) is 20.4 Å². The average Bonchev–Trinajstić information content (AvgIpc) is 2.66. The van der Waals surface area contributed by atoms with Gasteiger partial charge in [-0.25, -0.2) is 4.98 Å². The summed E-state index contributed by atoms with van der Waals surface area (Å²) in [4.78, 5) is 10.4. The van der Waals surface area contributed by atoms with E-state index in [1.54, 1.807) is 11.3 Å². The summed E-state index contributed by atoms with van der Waals surface area (Å²) in [6, 6.07) is 0. The Kier molecular flexibility index (Phi) is 4.36. The number of anilines is 1. The van der Waals surface area contributed by atoms with Gasteiger partial charge in [-0.15, -0.1) is 11.3 Å². The van der Waals surface area contributed by atoms with Crippen LogP contribution in [0.4, 0.5) is 5.13 Å². The number of hydrogen-bond donors (Lipinski definition) is 1. The van der Waals surface area contributed by atoms with Crippen LogP contribution in [0.5, 0.6) is 0 Å². The van der Waals surface area contributed by atoms with Crippen molar-refractivity contribution in [2.24, 2.45) is 5.92 Å². The summed E-state index contributed by atoms with van der Waals surface area (Å²) >= 11 is 1.60. The molecule has 2 heterocycles. The van der Waals surface area contributed by atoms with Gasteiger partial charge in [-0.1, -0.05) is 13.8 Å². The van der Waals surface area contributed by atoms with Gasteiger partial charge in [0.2, 0.25) is 0 Å². The number of nitrogens with zero attached hydrogens (tertiary/aromatic N) is 3. The highest BCUT2D eigenvalue weighted by Gasteiger charge is 2.17. The predicted molar refractivity (Wildman–Crippen MR) is 73.1 cm³/mol. The molecular formula is C12H22N4S. The normalized spacial score (nSPS) is 19.0. The summed E-state index contributed by atoms with van der Waals surface area (Å²) in [5.41, 5.74) is 5.64. The molecule has 1 aromatic rings. The van der Waals surface area contributed by atoms with E-state index >= 15 is 0 Å². The first kappa shape index (κ1) is 12.8. The van der Waals surface area contributed by atoms with Crippen molar-refractivity contribution < 1.29 is 0 Å². The van der Waals surface area contributed by atoms with Gasteiger partial charge < -0.3 is 10.6 Å². The average molecular weight is 254 g/mol. The number of thiazole rings is 1. The molecule has 1 fully saturated rings. The van der Waals surface area contributed by atoms with E-state index in [1.165, 1.54) is 24.5 Å². The van der Waals surface area contributed by atoms with Crippen LogP contribution in [0.1, 0.15) is 18.7 Å². The quantitative estimate of drug-likeness (QED) is 0.884. The maximum absolute atomic E-state index is 5.64. The minimum absolute atomic E-state index is 0.679. The van der Waals surface area contributed by atoms with Crippen LogP contribution in [0.15, 0.2) is 6.20 Å². The molecular weight excluding hydrogens is 232 g/mol. The number of rotatable bonds is 4. The molecule has 0 radical (unpaired) electrons. The van der Waals surface area contributed by atoms with Crippen LogP contribution in [0, 0.1) is 5.92 Å². The number of nitrogens with two attached hydrogens (primary N) is 1. The van der Waals surface area contributed by atoms with Gasteiger partial charge in [0.05, 0.1) is 0 Å². The second-order valence-corrected chi connectivity index (χ2v) is 6.28. The fourth-order valence-corrected chi connectivity index (χ4v) is 2.99. The fraction of sp³-hybridized carbons (Fsp3) is 0.750. The van der Waals surface area contributed by atoms with Crippen LogP contribution in [-0.2, 0) is 6.54 Å². The van der Waals surface area contributed by atoms with Crippen LogP contribution in [0.2, 0.25) is 0 Å². The molecule has 1 saturated heterocycles. The number of aromatic nitrogens is 1. The summed E-state index contributed by atoms with van der Waals surface area (Å²) in [6.07, 6.45) is 1.90. The zero-order valence-corrected chi connectivity index (χ0v) is 11.5. The minimum atomic E-state index is 0.679. The molecule has 1 aliphatic heterocycles. The summed E-state index contributed by atoms with van der Waals surface area (Å²) in [5.74, 6) is 0.767. The molecule has 0 aliphatic carbocycles. The lowest BCUT2D eigenvalue weighted by atomic mass is 10.2. The maximum atomic E-state index is 5.64. The van der Waals surface area contributed by atoms with Crippen molar-refractivity contribution in [2.75, 3.05) is 38.5 Å². The zero-order chi connectivity index (χ0) is 12.3. The molecule has 0 spiro atoms. The van der Waals surface area contributed by atoms with Gasteiger partial charge in [-0.2, -0.15) is 0 Å². The number of nitrogen functional groups attached to an aromatic ring is 1. The third-order valence-electron chi connectivity index (χ3n) is 3.04. The Morgan fingerprint density at radius 3 is 2.47 bits per heavy atom. The summed E-state index contributed by atoms with van der Waals surface area (Å²) in [5, 5.41) is 0.679. The van der Waals surface area contributed by atoms with E-state index in [-0.39, 0.29) is 0 Å². The van der Waals surface area contributed by atoms with Crippen molar-refractivity contribution in [1.82, 2.24) is 14.8 Å². The third-order valence-corrected chi connectivity index (χ3v) is 3.85. The van der Waals surface area contributed by atoms with Gasteiger partial charge >= 0.3 is 0 Å². The second-order valence-electron chi connectivity index (χ2n) is 5.14. The Hall–Kier alpha value is -0.650. The molecule has 2 rings (SSSR count). The Bertz CT molecular complexity index is 342. The molecule has 2 N–H and O–H groups in total. The molecule has 96 valence electrons. The van der Waals surface area contributed by atoms with Crippen LogP contribution < -0.4 is 5.73 Å². The first-order valence-corrected chi connectivity index (χ1v) is 7.10. The third kappa shape index (κ3) is 3.94. The van der Waals surface area contributed by atoms with Crippen LogP contribution in [-0.4, -0.2) is 47.5 Å². The summed E-state index contributed by atoms with van der Waals surface area (Å²) < 4.78 is 0. The van der Waals surface area contributed by atoms with E-state index in [9.17, 15) is 0 Å². The lowest BCUT2D eigenvalue weighted by Gasteiger charge is -2.35. The molecule has 1 aliphatic rings. The van der Waals surface area contributed by atoms with Crippen molar-refractivity contribution in [1.29, 1.82) is 0 Å². The lowest BCUT2D eigenvalue weighted by molar-refractivity contribution is 0.118. The Labute approximate surface area is 107 Å². The number of hydrogen-bond acceptors (Lipinski definition) is 5. The predicted octanol–water partition coefficient (Wildman–Crippen LogP) is 1.50. The molecule has 0 unspecified atom stereocenters. The van der Waals surface area contributed by atoms with E-state index < -0.39 is 0 Å². The molecule has 17 heavy (non-hydrogen) atoms. The molecule has 4 nitrogen and oxygen atoms in total. The van der Waals surface area contributed by atoms with Gasteiger partial charge in [0, 0.05) is 50.3 Å². The monoisotopic (exact) mass is 254 g/mol. The van der Waals surface area contributed by atoms with Crippen LogP contribution in [0.25, 0.3) is 0 Å². The van der Waals surface area contributed by atoms with E-state index in [2.05, 4.69) is 28.6 Å². The minimum Gasteiger partial charge on any atom is -0.375 e. The summed E-state index contributed by atoms with van der Waals surface area (Å²) in [7, 11) is 0. The molecule has 5 heteroatoms. The van der Waals surface area contributed by atoms with E-state index in [1.807, 2.05) is 6.20 Å². The molecule has 0 bridgehead atoms. The largest absolute Gasteiger partial charge is 0.375 e. The van der Waals surface area contributed by atoms with Crippen molar-refractivity contribution >= 4 is 16.5 Å². The van der Waals surface area contributed by atoms with E-state index in [0.717, 1.165) is 25.6 Å². The van der Waals surface area contributed by atoms with Crippen LogP contribution in [0.3, 0.4) is 0 Å². The lowest BCUT2D eigenvalue weighted by Crippen LogP contribution is -2.46. The molecule has 0 aromatic carbocycles. The van der Waals surface area contributed by atoms with Crippen molar-refractivity contribution in [3.8, 4) is 0 Å². The Morgan fingerprint density at radius 1 is 1.29 bits per heavy atom. The van der Waals surface area contributed by atoms with Gasteiger partial charge in [0.25, 0.3) is 0 Å². The maximum Gasteiger partial charge on any atom is 0.180 e. The van der Waals surface area contributed by atoms with Gasteiger partial charge in [-0.3, -0.25) is 4.90 Å². The van der Waals surface area contributed by atoms with E-state index in [0.29, 0.717) is 5.13 Å². The first-order chi connectivity index (χ1) is 8.13. The Morgan fingerprint density at radius 2 is 1.94 bits per heavy atom. The smallest absolute Gasteiger partial charge is 0.180 e. The van der Waals surface area contributed by atoms with Crippen LogP contribution >= 0.6 is 11.3 Å². The highest BCUT2D eigenvalue weighted by atomic mass is 32.1. The highest BCUT2D eigenvalue weighted by molar-refractivity contribution is 7.15. The standard InChI is InChI=1S/C12H22N4S/c1-10(2)8-15-3-5-16(6-4-15)9-11-7-14-12(13)17-11/h7,10H,3-6,8-9H2,1-2H3,(H2,13,14). The topological polar surface area (TPSA) is 45.4 Å². The van der Waals surface area contributed by atoms with E-state index in [4.69, 9.17) is 5.73 Å². The van der Waals surface area contributed by atoms with Crippen molar-refractivity contribution in [3.05, 3.63) is 11.1 Å². The van der Waals surface area contributed by atoms with Gasteiger partial charge in [0.15, 0.2) is 5.13 Å². The van der Waals surface area contributed by atoms with Gasteiger partial charge in [0.1, 0.15) is 0 Å². The summed E-state index contributed by atoms with van der Waals surface area (Å²) in [6.45, 7) is 11.5. The number of piperazine rings is 1. The first-order valence-electron chi connectivity index (χ1n) is 6.28. The SMILES string of the molecule is CC(C)CN1CCN(Cc2cnc(N)s2)CC1. The van der Waals surface area contributed by atoms with Crippen molar-refractivity contribution in [3.63, 3.8) is 0 Å². The Balaban J connectivity index is 1.75.